The highest BCUT2D eigenvalue weighted by atomic mass is 16.5. The Balaban J connectivity index is 1.67. The van der Waals surface area contributed by atoms with Crippen molar-refractivity contribution in [2.45, 2.75) is 44.7 Å². The smallest absolute Gasteiger partial charge is 0.0843 e. The maximum atomic E-state index is 9.87. The molecule has 20 heavy (non-hydrogen) atoms. The van der Waals surface area contributed by atoms with Gasteiger partial charge in [-0.1, -0.05) is 37.3 Å². The first-order valence-corrected chi connectivity index (χ1v) is 7.25. The Kier molecular flexibility index (Phi) is 5.98. The molecule has 0 aliphatic carbocycles. The molecule has 1 aromatic rings. The van der Waals surface area contributed by atoms with Gasteiger partial charge in [0.2, 0.25) is 0 Å². The Hall–Kier alpha value is -0.940. The first kappa shape index (κ1) is 15.4. The molecule has 1 aliphatic rings. The van der Waals surface area contributed by atoms with Crippen LogP contribution >= 0.6 is 0 Å². The van der Waals surface area contributed by atoms with Crippen LogP contribution in [0.25, 0.3) is 0 Å². The van der Waals surface area contributed by atoms with Crippen molar-refractivity contribution in [1.29, 1.82) is 0 Å². The Labute approximate surface area is 120 Å². The molecule has 0 radical (unpaired) electrons. The van der Waals surface area contributed by atoms with Gasteiger partial charge in [0.15, 0.2) is 0 Å². The summed E-state index contributed by atoms with van der Waals surface area (Å²) in [6.07, 6.45) is 0.421. The van der Waals surface area contributed by atoms with E-state index in [2.05, 4.69) is 6.92 Å². The lowest BCUT2D eigenvalue weighted by molar-refractivity contribution is -0.0277. The van der Waals surface area contributed by atoms with Gasteiger partial charge >= 0.3 is 0 Å². The van der Waals surface area contributed by atoms with Crippen LogP contribution < -0.4 is 0 Å². The number of ether oxygens (including phenoxy) is 2. The van der Waals surface area contributed by atoms with Crippen molar-refractivity contribution in [1.82, 2.24) is 0 Å². The van der Waals surface area contributed by atoms with Crippen molar-refractivity contribution in [3.05, 3.63) is 35.9 Å². The lowest BCUT2D eigenvalue weighted by atomic mass is 10.0. The summed E-state index contributed by atoms with van der Waals surface area (Å²) in [5.41, 5.74) is 1.16. The average molecular weight is 280 g/mol. The molecule has 0 unspecified atom stereocenters. The van der Waals surface area contributed by atoms with Crippen LogP contribution in [0.2, 0.25) is 0 Å². The van der Waals surface area contributed by atoms with Gasteiger partial charge in [0.25, 0.3) is 0 Å². The first-order chi connectivity index (χ1) is 9.69. The van der Waals surface area contributed by atoms with Crippen LogP contribution in [0.15, 0.2) is 30.3 Å². The van der Waals surface area contributed by atoms with Crippen molar-refractivity contribution < 1.29 is 19.7 Å². The predicted octanol–water partition coefficient (Wildman–Crippen LogP) is 1.74. The molecular formula is C16H24O4. The van der Waals surface area contributed by atoms with Gasteiger partial charge in [-0.3, -0.25) is 0 Å². The molecule has 0 bridgehead atoms. The van der Waals surface area contributed by atoms with E-state index in [0.29, 0.717) is 25.6 Å². The number of hydrogen-bond acceptors (Lipinski definition) is 4. The van der Waals surface area contributed by atoms with Gasteiger partial charge in [-0.15, -0.1) is 0 Å². The molecule has 1 fully saturated rings. The Morgan fingerprint density at radius 3 is 2.75 bits per heavy atom. The molecule has 0 aromatic heterocycles. The van der Waals surface area contributed by atoms with Crippen LogP contribution in [0.3, 0.4) is 0 Å². The number of hydrogen-bond donors (Lipinski definition) is 2. The molecule has 0 saturated carbocycles. The van der Waals surface area contributed by atoms with E-state index in [0.717, 1.165) is 12.0 Å². The fourth-order valence-electron chi connectivity index (χ4n) is 2.56. The highest BCUT2D eigenvalue weighted by Crippen LogP contribution is 2.25. The van der Waals surface area contributed by atoms with E-state index in [1.807, 2.05) is 30.3 Å². The standard InChI is InChI=1S/C16H24O4/c1-12(7-16-15(18)8-14(9-17)20-16)10-19-11-13-5-3-2-4-6-13/h2-6,12,14-18H,7-11H2,1H3/t12-,14-,15-,16-/m1/s1. The second-order valence-electron chi connectivity index (χ2n) is 5.62. The van der Waals surface area contributed by atoms with Crippen LogP contribution in [0.5, 0.6) is 0 Å². The third-order valence-electron chi connectivity index (χ3n) is 3.65. The quantitative estimate of drug-likeness (QED) is 0.799. The van der Waals surface area contributed by atoms with Crippen LogP contribution in [0.1, 0.15) is 25.3 Å². The van der Waals surface area contributed by atoms with Gasteiger partial charge in [-0.2, -0.15) is 0 Å². The number of aliphatic hydroxyl groups excluding tert-OH is 2. The lowest BCUT2D eigenvalue weighted by Gasteiger charge is -2.19. The average Bonchev–Trinajstić information content (AvgIpc) is 2.80. The largest absolute Gasteiger partial charge is 0.394 e. The molecule has 1 aliphatic heterocycles. The predicted molar refractivity (Wildman–Crippen MR) is 76.2 cm³/mol. The summed E-state index contributed by atoms with van der Waals surface area (Å²) in [4.78, 5) is 0. The Morgan fingerprint density at radius 2 is 2.10 bits per heavy atom. The fraction of sp³-hybridized carbons (Fsp3) is 0.625. The molecular weight excluding hydrogens is 256 g/mol. The van der Waals surface area contributed by atoms with E-state index in [1.165, 1.54) is 0 Å². The maximum absolute atomic E-state index is 9.87. The normalized spacial score (nSPS) is 27.6. The van der Waals surface area contributed by atoms with E-state index < -0.39 is 6.10 Å². The molecule has 4 heteroatoms. The monoisotopic (exact) mass is 280 g/mol. The first-order valence-electron chi connectivity index (χ1n) is 7.25. The SMILES string of the molecule is C[C@@H](COCc1ccccc1)C[C@H]1O[C@@H](CO)C[C@H]1O. The fourth-order valence-corrected chi connectivity index (χ4v) is 2.56. The van der Waals surface area contributed by atoms with E-state index in [-0.39, 0.29) is 18.8 Å². The summed E-state index contributed by atoms with van der Waals surface area (Å²) in [6, 6.07) is 10.1. The highest BCUT2D eigenvalue weighted by molar-refractivity contribution is 5.13. The minimum atomic E-state index is -0.469. The summed E-state index contributed by atoms with van der Waals surface area (Å²) < 4.78 is 11.3. The van der Waals surface area contributed by atoms with Crippen LogP contribution in [0.4, 0.5) is 0 Å². The molecule has 112 valence electrons. The summed E-state index contributed by atoms with van der Waals surface area (Å²) in [6.45, 7) is 3.32. The van der Waals surface area contributed by atoms with E-state index in [1.54, 1.807) is 0 Å². The second kappa shape index (κ2) is 7.74. The third-order valence-corrected chi connectivity index (χ3v) is 3.65. The van der Waals surface area contributed by atoms with Gasteiger partial charge in [0, 0.05) is 13.0 Å². The van der Waals surface area contributed by atoms with Crippen molar-refractivity contribution in [3.8, 4) is 0 Å². The van der Waals surface area contributed by atoms with Crippen molar-refractivity contribution in [2.75, 3.05) is 13.2 Å². The number of aliphatic hydroxyl groups is 2. The zero-order valence-electron chi connectivity index (χ0n) is 11.9. The maximum Gasteiger partial charge on any atom is 0.0843 e. The van der Waals surface area contributed by atoms with Crippen LogP contribution in [-0.2, 0) is 16.1 Å². The minimum absolute atomic E-state index is 0.0214. The van der Waals surface area contributed by atoms with Crippen molar-refractivity contribution in [2.24, 2.45) is 5.92 Å². The second-order valence-corrected chi connectivity index (χ2v) is 5.62. The molecule has 0 spiro atoms. The topological polar surface area (TPSA) is 58.9 Å². The zero-order chi connectivity index (χ0) is 14.4. The zero-order valence-corrected chi connectivity index (χ0v) is 11.9. The molecule has 0 amide bonds. The number of rotatable bonds is 7. The lowest BCUT2D eigenvalue weighted by Crippen LogP contribution is -2.25. The van der Waals surface area contributed by atoms with Crippen LogP contribution in [0, 0.1) is 5.92 Å². The Morgan fingerprint density at radius 1 is 1.35 bits per heavy atom. The summed E-state index contributed by atoms with van der Waals surface area (Å²) in [7, 11) is 0. The van der Waals surface area contributed by atoms with E-state index >= 15 is 0 Å². The van der Waals surface area contributed by atoms with Gasteiger partial charge in [0.05, 0.1) is 31.5 Å². The van der Waals surface area contributed by atoms with Gasteiger partial charge in [-0.25, -0.2) is 0 Å². The third kappa shape index (κ3) is 4.56. The Bertz CT molecular complexity index is 381. The van der Waals surface area contributed by atoms with Gasteiger partial charge < -0.3 is 19.7 Å². The molecule has 2 rings (SSSR count). The molecule has 1 saturated heterocycles. The number of benzene rings is 1. The van der Waals surface area contributed by atoms with Crippen LogP contribution in [-0.4, -0.2) is 41.7 Å². The van der Waals surface area contributed by atoms with Crippen molar-refractivity contribution >= 4 is 0 Å². The minimum Gasteiger partial charge on any atom is -0.394 e. The highest BCUT2D eigenvalue weighted by Gasteiger charge is 2.34. The van der Waals surface area contributed by atoms with Gasteiger partial charge in [0.1, 0.15) is 0 Å². The van der Waals surface area contributed by atoms with E-state index in [4.69, 9.17) is 14.6 Å². The summed E-state index contributed by atoms with van der Waals surface area (Å²) in [5.74, 6) is 0.316. The van der Waals surface area contributed by atoms with Gasteiger partial charge in [-0.05, 0) is 17.9 Å². The molecule has 1 heterocycles. The summed E-state index contributed by atoms with van der Waals surface area (Å²) >= 11 is 0. The molecule has 4 nitrogen and oxygen atoms in total. The van der Waals surface area contributed by atoms with Crippen molar-refractivity contribution in [3.63, 3.8) is 0 Å². The molecule has 4 atom stereocenters. The van der Waals surface area contributed by atoms with E-state index in [9.17, 15) is 5.11 Å². The summed E-state index contributed by atoms with van der Waals surface area (Å²) in [5, 5.41) is 18.9. The molecule has 2 N–H and O–H groups in total. The molecule has 1 aromatic carbocycles.